The van der Waals surface area contributed by atoms with Gasteiger partial charge in [-0.15, -0.1) is 10.2 Å². The minimum absolute atomic E-state index is 0.0364. The Kier molecular flexibility index (Phi) is 7.76. The van der Waals surface area contributed by atoms with Crippen LogP contribution in [0.3, 0.4) is 0 Å². The van der Waals surface area contributed by atoms with E-state index in [0.29, 0.717) is 24.7 Å². The molecule has 0 bridgehead atoms. The van der Waals surface area contributed by atoms with Gasteiger partial charge in [-0.3, -0.25) is 9.69 Å². The Hall–Kier alpha value is -2.73. The lowest BCUT2D eigenvalue weighted by atomic mass is 10.1. The molecule has 1 aromatic heterocycles. The maximum Gasteiger partial charge on any atom is 0.274 e. The summed E-state index contributed by atoms with van der Waals surface area (Å²) < 4.78 is 0. The van der Waals surface area contributed by atoms with Crippen molar-refractivity contribution in [2.45, 2.75) is 20.3 Å². The molecule has 0 unspecified atom stereocenters. The molecule has 1 amide bonds. The van der Waals surface area contributed by atoms with Crippen LogP contribution in [0, 0.1) is 5.92 Å². The molecule has 1 aromatic carbocycles. The first kappa shape index (κ1) is 21.0. The number of anilines is 1. The summed E-state index contributed by atoms with van der Waals surface area (Å²) in [6.07, 6.45) is 5.40. The van der Waals surface area contributed by atoms with E-state index in [1.54, 1.807) is 6.07 Å². The highest BCUT2D eigenvalue weighted by molar-refractivity contribution is 5.92. The Bertz CT molecular complexity index is 781. The van der Waals surface area contributed by atoms with Crippen molar-refractivity contribution in [3.05, 3.63) is 59.8 Å². The second-order valence-electron chi connectivity index (χ2n) is 7.82. The van der Waals surface area contributed by atoms with Crippen molar-refractivity contribution < 1.29 is 4.79 Å². The number of carbonyl (C=O) groups is 1. The number of nitrogens with zero attached hydrogens (tertiary/aromatic N) is 4. The van der Waals surface area contributed by atoms with Gasteiger partial charge in [0.2, 0.25) is 0 Å². The number of carbonyl (C=O) groups excluding carboxylic acids is 1. The fourth-order valence-corrected chi connectivity index (χ4v) is 3.23. The smallest absolute Gasteiger partial charge is 0.274 e. The summed E-state index contributed by atoms with van der Waals surface area (Å²) >= 11 is 0. The van der Waals surface area contributed by atoms with Crippen LogP contribution in [0.2, 0.25) is 0 Å². The van der Waals surface area contributed by atoms with Gasteiger partial charge in [0.15, 0.2) is 5.69 Å². The third-order valence-corrected chi connectivity index (χ3v) is 5.04. The summed E-state index contributed by atoms with van der Waals surface area (Å²) in [4.78, 5) is 16.9. The van der Waals surface area contributed by atoms with Crippen LogP contribution in [0.4, 0.5) is 5.82 Å². The summed E-state index contributed by atoms with van der Waals surface area (Å²) in [5, 5.41) is 11.5. The SMILES string of the molecule is CC(C)CCNc1ccc(C(=O)N2CCN(C/C=C/c3ccccc3)CC2)nn1. The molecule has 0 atom stereocenters. The number of hydrogen-bond acceptors (Lipinski definition) is 5. The van der Waals surface area contributed by atoms with Crippen molar-refractivity contribution in [2.24, 2.45) is 5.92 Å². The number of rotatable bonds is 8. The molecule has 6 nitrogen and oxygen atoms in total. The third kappa shape index (κ3) is 6.68. The van der Waals surface area contributed by atoms with Crippen LogP contribution in [0.5, 0.6) is 0 Å². The molecule has 1 N–H and O–H groups in total. The van der Waals surface area contributed by atoms with Gasteiger partial charge < -0.3 is 10.2 Å². The predicted molar refractivity (Wildman–Crippen MR) is 118 cm³/mol. The van der Waals surface area contributed by atoms with Gasteiger partial charge in [0, 0.05) is 39.3 Å². The van der Waals surface area contributed by atoms with E-state index in [4.69, 9.17) is 0 Å². The zero-order valence-corrected chi connectivity index (χ0v) is 17.4. The van der Waals surface area contributed by atoms with Crippen molar-refractivity contribution in [2.75, 3.05) is 44.6 Å². The topological polar surface area (TPSA) is 61.4 Å². The normalized spacial score (nSPS) is 15.2. The van der Waals surface area contributed by atoms with E-state index in [1.807, 2.05) is 29.2 Å². The molecule has 154 valence electrons. The van der Waals surface area contributed by atoms with Gasteiger partial charge in [-0.1, -0.05) is 56.3 Å². The van der Waals surface area contributed by atoms with Crippen molar-refractivity contribution in [3.63, 3.8) is 0 Å². The molecule has 0 spiro atoms. The van der Waals surface area contributed by atoms with Gasteiger partial charge in [-0.05, 0) is 30.0 Å². The average Bonchev–Trinajstić information content (AvgIpc) is 2.75. The molecule has 0 saturated carbocycles. The first-order chi connectivity index (χ1) is 14.1. The first-order valence-electron chi connectivity index (χ1n) is 10.4. The van der Waals surface area contributed by atoms with Crippen LogP contribution in [-0.4, -0.2) is 65.2 Å². The van der Waals surface area contributed by atoms with Gasteiger partial charge >= 0.3 is 0 Å². The van der Waals surface area contributed by atoms with Gasteiger partial charge in [-0.25, -0.2) is 0 Å². The van der Waals surface area contributed by atoms with Gasteiger partial charge in [0.1, 0.15) is 5.82 Å². The third-order valence-electron chi connectivity index (χ3n) is 5.04. The Morgan fingerprint density at radius 2 is 1.83 bits per heavy atom. The predicted octanol–water partition coefficient (Wildman–Crippen LogP) is 3.41. The summed E-state index contributed by atoms with van der Waals surface area (Å²) in [6, 6.07) is 13.9. The number of piperazine rings is 1. The molecule has 2 heterocycles. The molecule has 0 radical (unpaired) electrons. The monoisotopic (exact) mass is 393 g/mol. The van der Waals surface area contributed by atoms with Crippen LogP contribution in [0.25, 0.3) is 6.08 Å². The van der Waals surface area contributed by atoms with Crippen LogP contribution in [-0.2, 0) is 0 Å². The van der Waals surface area contributed by atoms with E-state index in [0.717, 1.165) is 38.4 Å². The number of nitrogens with one attached hydrogen (secondary N) is 1. The minimum atomic E-state index is -0.0364. The van der Waals surface area contributed by atoms with Crippen LogP contribution in [0.1, 0.15) is 36.3 Å². The molecule has 29 heavy (non-hydrogen) atoms. The van der Waals surface area contributed by atoms with E-state index in [9.17, 15) is 4.79 Å². The molecule has 0 aliphatic carbocycles. The summed E-state index contributed by atoms with van der Waals surface area (Å²) in [5.41, 5.74) is 1.62. The molecule has 1 fully saturated rings. The molecular formula is C23H31N5O. The molecule has 1 aliphatic rings. The number of aromatic nitrogens is 2. The number of amides is 1. The zero-order chi connectivity index (χ0) is 20.5. The van der Waals surface area contributed by atoms with Crippen molar-refractivity contribution in [1.29, 1.82) is 0 Å². The zero-order valence-electron chi connectivity index (χ0n) is 17.4. The maximum atomic E-state index is 12.7. The average molecular weight is 394 g/mol. The lowest BCUT2D eigenvalue weighted by Gasteiger charge is -2.33. The lowest BCUT2D eigenvalue weighted by molar-refractivity contribution is 0.0643. The highest BCUT2D eigenvalue weighted by atomic mass is 16.2. The Morgan fingerprint density at radius 3 is 2.48 bits per heavy atom. The fraction of sp³-hybridized carbons (Fsp3) is 0.435. The minimum Gasteiger partial charge on any atom is -0.369 e. The van der Waals surface area contributed by atoms with E-state index in [2.05, 4.69) is 58.5 Å². The van der Waals surface area contributed by atoms with Gasteiger partial charge in [0.05, 0.1) is 0 Å². The van der Waals surface area contributed by atoms with Crippen molar-refractivity contribution in [3.8, 4) is 0 Å². The largest absolute Gasteiger partial charge is 0.369 e. The van der Waals surface area contributed by atoms with Crippen LogP contribution >= 0.6 is 0 Å². The second-order valence-corrected chi connectivity index (χ2v) is 7.82. The van der Waals surface area contributed by atoms with E-state index < -0.39 is 0 Å². The number of hydrogen-bond donors (Lipinski definition) is 1. The fourth-order valence-electron chi connectivity index (χ4n) is 3.23. The number of benzene rings is 1. The Balaban J connectivity index is 1.43. The molecule has 1 aliphatic heterocycles. The molecule has 1 saturated heterocycles. The molecule has 2 aromatic rings. The standard InChI is InChI=1S/C23H31N5O/c1-19(2)12-13-24-22-11-10-21(25-26-22)23(29)28-17-15-27(16-18-28)14-6-9-20-7-4-3-5-8-20/h3-11,19H,12-18H2,1-2H3,(H,24,26)/b9-6+. The maximum absolute atomic E-state index is 12.7. The van der Waals surface area contributed by atoms with Gasteiger partial charge in [-0.2, -0.15) is 0 Å². The Labute approximate surface area is 173 Å². The highest BCUT2D eigenvalue weighted by Gasteiger charge is 2.22. The summed E-state index contributed by atoms with van der Waals surface area (Å²) in [5.74, 6) is 1.33. The first-order valence-corrected chi connectivity index (χ1v) is 10.4. The lowest BCUT2D eigenvalue weighted by Crippen LogP contribution is -2.48. The van der Waals surface area contributed by atoms with Crippen molar-refractivity contribution >= 4 is 17.8 Å². The van der Waals surface area contributed by atoms with E-state index in [1.165, 1.54) is 5.56 Å². The van der Waals surface area contributed by atoms with Gasteiger partial charge in [0.25, 0.3) is 5.91 Å². The van der Waals surface area contributed by atoms with Crippen molar-refractivity contribution in [1.82, 2.24) is 20.0 Å². The molecule has 6 heteroatoms. The molecule has 3 rings (SSSR count). The molecular weight excluding hydrogens is 362 g/mol. The summed E-state index contributed by atoms with van der Waals surface area (Å²) in [7, 11) is 0. The summed E-state index contributed by atoms with van der Waals surface area (Å²) in [6.45, 7) is 9.30. The van der Waals surface area contributed by atoms with Crippen LogP contribution < -0.4 is 5.32 Å². The second kappa shape index (κ2) is 10.7. The highest BCUT2D eigenvalue weighted by Crippen LogP contribution is 2.10. The van der Waals surface area contributed by atoms with E-state index in [-0.39, 0.29) is 5.91 Å². The van der Waals surface area contributed by atoms with E-state index >= 15 is 0 Å². The van der Waals surface area contributed by atoms with Crippen LogP contribution in [0.15, 0.2) is 48.5 Å². The Morgan fingerprint density at radius 1 is 1.07 bits per heavy atom. The quantitative estimate of drug-likeness (QED) is 0.745.